The minimum atomic E-state index is -0.753. The van der Waals surface area contributed by atoms with E-state index in [0.29, 0.717) is 23.7 Å². The number of hydrogen-bond acceptors (Lipinski definition) is 5. The fourth-order valence-corrected chi connectivity index (χ4v) is 4.76. The lowest BCUT2D eigenvalue weighted by atomic mass is 9.77. The number of rotatable bonds is 5. The summed E-state index contributed by atoms with van der Waals surface area (Å²) in [5.74, 6) is -0.377. The fourth-order valence-electron chi connectivity index (χ4n) is 4.76. The first-order valence-electron chi connectivity index (χ1n) is 9.83. The van der Waals surface area contributed by atoms with Crippen LogP contribution in [0.5, 0.6) is 11.5 Å². The first kappa shape index (κ1) is 18.7. The van der Waals surface area contributed by atoms with Gasteiger partial charge in [-0.1, -0.05) is 30.4 Å². The van der Waals surface area contributed by atoms with Gasteiger partial charge >= 0.3 is 0 Å². The van der Waals surface area contributed by atoms with E-state index in [1.165, 1.54) is 7.11 Å². The third kappa shape index (κ3) is 2.69. The molecule has 4 unspecified atom stereocenters. The monoisotopic (exact) mass is 406 g/mol. The molecule has 2 saturated heterocycles. The van der Waals surface area contributed by atoms with Crippen LogP contribution in [0.25, 0.3) is 0 Å². The van der Waals surface area contributed by atoms with Gasteiger partial charge in [0.25, 0.3) is 0 Å². The van der Waals surface area contributed by atoms with Crippen LogP contribution in [0.15, 0.2) is 60.7 Å². The van der Waals surface area contributed by atoms with Crippen LogP contribution in [0, 0.1) is 11.8 Å². The molecule has 3 aliphatic rings. The Morgan fingerprint density at radius 3 is 2.63 bits per heavy atom. The quantitative estimate of drug-likeness (QED) is 0.773. The van der Waals surface area contributed by atoms with Gasteiger partial charge in [-0.25, -0.2) is 0 Å². The molecule has 154 valence electrons. The summed E-state index contributed by atoms with van der Waals surface area (Å²) in [5.41, 5.74) is 0.631. The van der Waals surface area contributed by atoms with Gasteiger partial charge in [0, 0.05) is 17.4 Å². The molecule has 0 aromatic heterocycles. The highest BCUT2D eigenvalue weighted by Gasteiger charge is 2.67. The molecule has 1 spiro atoms. The summed E-state index contributed by atoms with van der Waals surface area (Å²) >= 11 is 0. The van der Waals surface area contributed by atoms with Crippen LogP contribution in [0.2, 0.25) is 0 Å². The van der Waals surface area contributed by atoms with Crippen molar-refractivity contribution >= 4 is 23.2 Å². The van der Waals surface area contributed by atoms with E-state index in [9.17, 15) is 9.59 Å². The van der Waals surface area contributed by atoms with Crippen molar-refractivity contribution in [3.8, 4) is 11.5 Å². The Kier molecular flexibility index (Phi) is 4.29. The number of carbonyl (C=O) groups excluding carboxylic acids is 2. The van der Waals surface area contributed by atoms with Crippen LogP contribution >= 0.6 is 0 Å². The second-order valence-corrected chi connectivity index (χ2v) is 7.72. The van der Waals surface area contributed by atoms with Crippen LogP contribution < -0.4 is 19.7 Å². The summed E-state index contributed by atoms with van der Waals surface area (Å²) in [4.78, 5) is 28.3. The second kappa shape index (κ2) is 6.88. The normalized spacial score (nSPS) is 28.5. The zero-order valence-corrected chi connectivity index (χ0v) is 16.7. The third-order valence-corrected chi connectivity index (χ3v) is 6.12. The number of carbonyl (C=O) groups is 2. The molecule has 7 nitrogen and oxygen atoms in total. The minimum absolute atomic E-state index is 0.0829. The summed E-state index contributed by atoms with van der Waals surface area (Å²) in [6, 6.07) is 14.6. The molecule has 3 heterocycles. The molecule has 2 amide bonds. The van der Waals surface area contributed by atoms with E-state index < -0.39 is 23.5 Å². The number of nitrogens with one attached hydrogen (secondary N) is 1. The maximum atomic E-state index is 13.3. The van der Waals surface area contributed by atoms with Gasteiger partial charge in [-0.2, -0.15) is 0 Å². The van der Waals surface area contributed by atoms with Crippen molar-refractivity contribution in [3.05, 3.63) is 60.7 Å². The van der Waals surface area contributed by atoms with Crippen molar-refractivity contribution in [1.82, 2.24) is 0 Å². The van der Waals surface area contributed by atoms with Crippen molar-refractivity contribution < 1.29 is 23.8 Å². The molecule has 0 saturated carbocycles. The standard InChI is InChI=1S/C23H22N2O5/c1-28-16-9-8-14(12-18(16)29-2)24-21(26)19-17-10-11-23(30-17)13-25(22(27)20(19)23)15-6-4-3-5-7-15/h3-12,17,19-20H,13H2,1-2H3,(H,24,26). The van der Waals surface area contributed by atoms with Crippen LogP contribution in [0.4, 0.5) is 11.4 Å². The molecule has 2 bridgehead atoms. The molecule has 30 heavy (non-hydrogen) atoms. The molecule has 7 heteroatoms. The lowest BCUT2D eigenvalue weighted by Gasteiger charge is -2.23. The van der Waals surface area contributed by atoms with Gasteiger partial charge in [-0.15, -0.1) is 0 Å². The van der Waals surface area contributed by atoms with Gasteiger partial charge in [-0.05, 0) is 24.3 Å². The van der Waals surface area contributed by atoms with Crippen molar-refractivity contribution in [1.29, 1.82) is 0 Å². The van der Waals surface area contributed by atoms with Crippen LogP contribution in [-0.4, -0.2) is 44.3 Å². The Morgan fingerprint density at radius 2 is 1.90 bits per heavy atom. The van der Waals surface area contributed by atoms with E-state index in [-0.39, 0.29) is 11.8 Å². The lowest BCUT2D eigenvalue weighted by Crippen LogP contribution is -2.41. The Labute approximate surface area is 174 Å². The molecule has 3 aliphatic heterocycles. The minimum Gasteiger partial charge on any atom is -0.493 e. The van der Waals surface area contributed by atoms with Crippen molar-refractivity contribution in [2.45, 2.75) is 11.7 Å². The molecule has 2 fully saturated rings. The summed E-state index contributed by atoms with van der Waals surface area (Å²) in [5, 5.41) is 2.92. The Hall–Kier alpha value is -3.32. The van der Waals surface area contributed by atoms with Crippen molar-refractivity contribution in [2.24, 2.45) is 11.8 Å². The number of amides is 2. The van der Waals surface area contributed by atoms with Crippen molar-refractivity contribution in [3.63, 3.8) is 0 Å². The molecule has 2 aromatic rings. The highest BCUT2D eigenvalue weighted by Crippen LogP contribution is 2.52. The van der Waals surface area contributed by atoms with Crippen molar-refractivity contribution in [2.75, 3.05) is 31.0 Å². The van der Waals surface area contributed by atoms with E-state index in [0.717, 1.165) is 5.69 Å². The zero-order valence-electron chi connectivity index (χ0n) is 16.7. The Morgan fingerprint density at radius 1 is 1.13 bits per heavy atom. The average Bonchev–Trinajstić information content (AvgIpc) is 3.42. The van der Waals surface area contributed by atoms with Crippen LogP contribution in [-0.2, 0) is 14.3 Å². The smallest absolute Gasteiger partial charge is 0.234 e. The summed E-state index contributed by atoms with van der Waals surface area (Å²) in [6.07, 6.45) is 3.44. The van der Waals surface area contributed by atoms with E-state index >= 15 is 0 Å². The number of para-hydroxylation sites is 1. The first-order valence-corrected chi connectivity index (χ1v) is 9.83. The topological polar surface area (TPSA) is 77.1 Å². The highest BCUT2D eigenvalue weighted by molar-refractivity contribution is 6.05. The number of anilines is 2. The van der Waals surface area contributed by atoms with E-state index in [1.807, 2.05) is 42.5 Å². The molecule has 0 radical (unpaired) electrons. The number of nitrogens with zero attached hydrogens (tertiary/aromatic N) is 1. The first-order chi connectivity index (χ1) is 14.6. The maximum absolute atomic E-state index is 13.3. The maximum Gasteiger partial charge on any atom is 0.234 e. The average molecular weight is 406 g/mol. The van der Waals surface area contributed by atoms with E-state index in [2.05, 4.69) is 5.32 Å². The molecule has 0 aliphatic carbocycles. The Bertz CT molecular complexity index is 1040. The van der Waals surface area contributed by atoms with Gasteiger partial charge < -0.3 is 24.4 Å². The Balaban J connectivity index is 1.41. The van der Waals surface area contributed by atoms with Crippen LogP contribution in [0.3, 0.4) is 0 Å². The zero-order chi connectivity index (χ0) is 20.9. The fraction of sp³-hybridized carbons (Fsp3) is 0.304. The lowest BCUT2D eigenvalue weighted by molar-refractivity contribution is -0.128. The van der Waals surface area contributed by atoms with Gasteiger partial charge in [0.05, 0.1) is 38.7 Å². The summed E-state index contributed by atoms with van der Waals surface area (Å²) < 4.78 is 16.7. The van der Waals surface area contributed by atoms with Crippen LogP contribution in [0.1, 0.15) is 0 Å². The predicted octanol–water partition coefficient (Wildman–Crippen LogP) is 2.63. The molecule has 1 N–H and O–H groups in total. The van der Waals surface area contributed by atoms with Gasteiger partial charge in [-0.3, -0.25) is 9.59 Å². The number of ether oxygens (including phenoxy) is 3. The molecule has 2 aromatic carbocycles. The molecule has 4 atom stereocenters. The van der Waals surface area contributed by atoms with Gasteiger partial charge in [0.1, 0.15) is 5.60 Å². The molecular formula is C23H22N2O5. The summed E-state index contributed by atoms with van der Waals surface area (Å²) in [7, 11) is 3.09. The number of hydrogen-bond donors (Lipinski definition) is 1. The number of benzene rings is 2. The predicted molar refractivity (Wildman–Crippen MR) is 111 cm³/mol. The summed E-state index contributed by atoms with van der Waals surface area (Å²) in [6.45, 7) is 0.410. The van der Waals surface area contributed by atoms with Gasteiger partial charge in [0.15, 0.2) is 11.5 Å². The molecular weight excluding hydrogens is 384 g/mol. The second-order valence-electron chi connectivity index (χ2n) is 7.72. The number of fused-ring (bicyclic) bond motifs is 1. The van der Waals surface area contributed by atoms with Gasteiger partial charge in [0.2, 0.25) is 11.8 Å². The third-order valence-electron chi connectivity index (χ3n) is 6.12. The number of methoxy groups -OCH3 is 2. The SMILES string of the molecule is COc1ccc(NC(=O)C2C3C=CC4(CN(c5ccccc5)C(=O)C24)O3)cc1OC. The van der Waals surface area contributed by atoms with E-state index in [1.54, 1.807) is 30.2 Å². The van der Waals surface area contributed by atoms with E-state index in [4.69, 9.17) is 14.2 Å². The molecule has 5 rings (SSSR count). The highest BCUT2D eigenvalue weighted by atomic mass is 16.5. The largest absolute Gasteiger partial charge is 0.493 e.